The molecule has 0 aliphatic heterocycles. The largest absolute Gasteiger partial charge is 0.462 e. The first-order valence-electron chi connectivity index (χ1n) is 23.5. The smallest absolute Gasteiger partial charge is 0.306 e. The van der Waals surface area contributed by atoms with E-state index in [0.29, 0.717) is 19.3 Å². The molecular formula is C47H90O6. The first-order valence-corrected chi connectivity index (χ1v) is 23.5. The number of unbranched alkanes of at least 4 members (excludes halogenated alkanes) is 32. The molecule has 0 saturated carbocycles. The second-order valence-electron chi connectivity index (χ2n) is 16.0. The maximum Gasteiger partial charge on any atom is 0.306 e. The molecule has 53 heavy (non-hydrogen) atoms. The first kappa shape index (κ1) is 51.4. The van der Waals surface area contributed by atoms with E-state index in [2.05, 4.69) is 20.8 Å². The van der Waals surface area contributed by atoms with Crippen LogP contribution >= 0.6 is 0 Å². The molecule has 6 nitrogen and oxygen atoms in total. The molecule has 1 atom stereocenters. The minimum Gasteiger partial charge on any atom is -0.462 e. The third-order valence-electron chi connectivity index (χ3n) is 10.6. The van der Waals surface area contributed by atoms with E-state index in [4.69, 9.17) is 14.2 Å². The highest BCUT2D eigenvalue weighted by molar-refractivity contribution is 5.71. The number of carbonyl (C=O) groups is 3. The molecule has 314 valence electrons. The average molecular weight is 751 g/mol. The lowest BCUT2D eigenvalue weighted by molar-refractivity contribution is -0.167. The Kier molecular flexibility index (Phi) is 41.8. The van der Waals surface area contributed by atoms with Gasteiger partial charge in [-0.3, -0.25) is 14.4 Å². The topological polar surface area (TPSA) is 78.9 Å². The summed E-state index contributed by atoms with van der Waals surface area (Å²) in [5, 5.41) is 0. The van der Waals surface area contributed by atoms with Gasteiger partial charge >= 0.3 is 17.9 Å². The van der Waals surface area contributed by atoms with Crippen LogP contribution in [0, 0.1) is 0 Å². The van der Waals surface area contributed by atoms with Crippen molar-refractivity contribution in [2.75, 3.05) is 13.2 Å². The van der Waals surface area contributed by atoms with Crippen LogP contribution < -0.4 is 0 Å². The number of esters is 3. The predicted octanol–water partition coefficient (Wildman–Crippen LogP) is 14.9. The van der Waals surface area contributed by atoms with Gasteiger partial charge in [0.25, 0.3) is 0 Å². The molecule has 0 rings (SSSR count). The highest BCUT2D eigenvalue weighted by Gasteiger charge is 2.19. The van der Waals surface area contributed by atoms with E-state index < -0.39 is 6.10 Å². The monoisotopic (exact) mass is 751 g/mol. The Morgan fingerprint density at radius 3 is 0.755 bits per heavy atom. The van der Waals surface area contributed by atoms with Gasteiger partial charge in [0, 0.05) is 19.3 Å². The van der Waals surface area contributed by atoms with Gasteiger partial charge in [-0.2, -0.15) is 0 Å². The Morgan fingerprint density at radius 1 is 0.302 bits per heavy atom. The maximum atomic E-state index is 12.6. The van der Waals surface area contributed by atoms with Crippen molar-refractivity contribution in [3.63, 3.8) is 0 Å². The normalized spacial score (nSPS) is 11.8. The van der Waals surface area contributed by atoms with Crippen LogP contribution in [0.4, 0.5) is 0 Å². The molecule has 0 N–H and O–H groups in total. The van der Waals surface area contributed by atoms with Crippen LogP contribution in [0.5, 0.6) is 0 Å². The van der Waals surface area contributed by atoms with E-state index in [1.807, 2.05) is 0 Å². The van der Waals surface area contributed by atoms with Crippen LogP contribution in [-0.4, -0.2) is 37.2 Å². The van der Waals surface area contributed by atoms with E-state index in [1.165, 1.54) is 167 Å². The lowest BCUT2D eigenvalue weighted by atomic mass is 10.0. The Labute approximate surface area is 329 Å². The summed E-state index contributed by atoms with van der Waals surface area (Å²) in [6.45, 7) is 6.60. The molecule has 0 aromatic rings. The van der Waals surface area contributed by atoms with Gasteiger partial charge in [-0.15, -0.1) is 0 Å². The summed E-state index contributed by atoms with van der Waals surface area (Å²) in [7, 11) is 0. The first-order chi connectivity index (χ1) is 26.0. The molecule has 0 radical (unpaired) electrons. The van der Waals surface area contributed by atoms with Crippen LogP contribution in [-0.2, 0) is 28.6 Å². The minimum atomic E-state index is -0.756. The molecule has 0 amide bonds. The van der Waals surface area contributed by atoms with Gasteiger partial charge in [-0.25, -0.2) is 0 Å². The Morgan fingerprint density at radius 2 is 0.509 bits per heavy atom. The number of ether oxygens (including phenoxy) is 3. The molecule has 0 aromatic carbocycles. The molecular weight excluding hydrogens is 661 g/mol. The Balaban J connectivity index is 4.11. The number of hydrogen-bond donors (Lipinski definition) is 0. The van der Waals surface area contributed by atoms with Gasteiger partial charge in [0.1, 0.15) is 13.2 Å². The van der Waals surface area contributed by atoms with Crippen LogP contribution in [0.2, 0.25) is 0 Å². The van der Waals surface area contributed by atoms with Crippen LogP contribution in [0.1, 0.15) is 265 Å². The summed E-state index contributed by atoms with van der Waals surface area (Å²) in [5.41, 5.74) is 0. The molecule has 0 unspecified atom stereocenters. The van der Waals surface area contributed by atoms with E-state index >= 15 is 0 Å². The lowest BCUT2D eigenvalue weighted by Crippen LogP contribution is -2.30. The van der Waals surface area contributed by atoms with E-state index in [-0.39, 0.29) is 31.1 Å². The minimum absolute atomic E-state index is 0.0635. The fourth-order valence-corrected chi connectivity index (χ4v) is 7.03. The van der Waals surface area contributed by atoms with E-state index in [1.54, 1.807) is 0 Å². The summed E-state index contributed by atoms with van der Waals surface area (Å²) < 4.78 is 16.6. The number of carbonyl (C=O) groups excluding carboxylic acids is 3. The maximum absolute atomic E-state index is 12.6. The van der Waals surface area contributed by atoms with Gasteiger partial charge in [-0.05, 0) is 19.3 Å². The summed E-state index contributed by atoms with van der Waals surface area (Å²) >= 11 is 0. The van der Waals surface area contributed by atoms with Gasteiger partial charge in [0.15, 0.2) is 6.10 Å². The van der Waals surface area contributed by atoms with Gasteiger partial charge < -0.3 is 14.2 Å². The quantitative estimate of drug-likeness (QED) is 0.0351. The highest BCUT2D eigenvalue weighted by atomic mass is 16.6. The van der Waals surface area contributed by atoms with Gasteiger partial charge in [0.2, 0.25) is 0 Å². The van der Waals surface area contributed by atoms with E-state index in [9.17, 15) is 14.4 Å². The molecule has 0 fully saturated rings. The highest BCUT2D eigenvalue weighted by Crippen LogP contribution is 2.16. The molecule has 0 saturated heterocycles. The third-order valence-corrected chi connectivity index (χ3v) is 10.6. The molecule has 0 aliphatic rings. The van der Waals surface area contributed by atoms with Crippen molar-refractivity contribution in [1.29, 1.82) is 0 Å². The zero-order valence-electron chi connectivity index (χ0n) is 35.8. The zero-order chi connectivity index (χ0) is 38.7. The lowest BCUT2D eigenvalue weighted by Gasteiger charge is -2.18. The Bertz CT molecular complexity index is 783. The van der Waals surface area contributed by atoms with Crippen LogP contribution in [0.15, 0.2) is 0 Å². The molecule has 0 aromatic heterocycles. The Hall–Kier alpha value is -1.59. The van der Waals surface area contributed by atoms with Crippen molar-refractivity contribution in [3.8, 4) is 0 Å². The predicted molar refractivity (Wildman–Crippen MR) is 224 cm³/mol. The standard InChI is InChI=1S/C47H90O6/c1-4-7-10-13-16-18-19-20-21-22-23-24-25-26-27-29-32-34-37-40-46(49)52-43-44(53-47(50)41-38-35-30-15-12-9-6-3)42-51-45(48)39-36-33-31-28-17-14-11-8-5-2/h44H,4-43H2,1-3H3/t44-/m0/s1. The summed E-state index contributed by atoms with van der Waals surface area (Å²) in [6.07, 6.45) is 43.9. The molecule has 0 spiro atoms. The fraction of sp³-hybridized carbons (Fsp3) is 0.936. The molecule has 6 heteroatoms. The van der Waals surface area contributed by atoms with Gasteiger partial charge in [-0.1, -0.05) is 226 Å². The van der Waals surface area contributed by atoms with Crippen molar-refractivity contribution in [2.24, 2.45) is 0 Å². The SMILES string of the molecule is CCCCCCCCCCCCCCCCCCCCCC(=O)OC[C@H](COC(=O)CCCCCCCCCCC)OC(=O)CCCCCCCCC. The van der Waals surface area contributed by atoms with Gasteiger partial charge in [0.05, 0.1) is 0 Å². The molecule has 0 heterocycles. The zero-order valence-corrected chi connectivity index (χ0v) is 35.8. The van der Waals surface area contributed by atoms with Crippen molar-refractivity contribution in [2.45, 2.75) is 271 Å². The van der Waals surface area contributed by atoms with Crippen molar-refractivity contribution >= 4 is 17.9 Å². The van der Waals surface area contributed by atoms with Crippen molar-refractivity contribution < 1.29 is 28.6 Å². The number of hydrogen-bond acceptors (Lipinski definition) is 6. The van der Waals surface area contributed by atoms with Crippen molar-refractivity contribution in [1.82, 2.24) is 0 Å². The summed E-state index contributed by atoms with van der Waals surface area (Å²) in [5.74, 6) is -0.860. The van der Waals surface area contributed by atoms with Crippen LogP contribution in [0.3, 0.4) is 0 Å². The molecule has 0 aliphatic carbocycles. The summed E-state index contributed by atoms with van der Waals surface area (Å²) in [4.78, 5) is 37.5. The summed E-state index contributed by atoms with van der Waals surface area (Å²) in [6, 6.07) is 0. The number of rotatable bonds is 43. The third kappa shape index (κ3) is 41.4. The average Bonchev–Trinajstić information content (AvgIpc) is 3.15. The van der Waals surface area contributed by atoms with Crippen molar-refractivity contribution in [3.05, 3.63) is 0 Å². The van der Waals surface area contributed by atoms with Crippen LogP contribution in [0.25, 0.3) is 0 Å². The second-order valence-corrected chi connectivity index (χ2v) is 16.0. The fourth-order valence-electron chi connectivity index (χ4n) is 7.03. The van der Waals surface area contributed by atoms with E-state index in [0.717, 1.165) is 57.8 Å². The molecule has 0 bridgehead atoms. The second kappa shape index (κ2) is 43.1.